The molecular formula is C14H21N3S. The van der Waals surface area contributed by atoms with Gasteiger partial charge in [-0.3, -0.25) is 0 Å². The van der Waals surface area contributed by atoms with Crippen LogP contribution < -0.4 is 10.6 Å². The van der Waals surface area contributed by atoms with Gasteiger partial charge in [0.15, 0.2) is 0 Å². The van der Waals surface area contributed by atoms with Crippen LogP contribution in [-0.2, 0) is 0 Å². The van der Waals surface area contributed by atoms with E-state index in [0.29, 0.717) is 0 Å². The fraction of sp³-hybridized carbons (Fsp3) is 0.500. The maximum Gasteiger partial charge on any atom is 0.0907 e. The zero-order chi connectivity index (χ0) is 13.1. The van der Waals surface area contributed by atoms with Crippen LogP contribution in [-0.4, -0.2) is 18.6 Å². The normalized spacial score (nSPS) is 11.1. The van der Waals surface area contributed by atoms with E-state index >= 15 is 0 Å². The fourth-order valence-corrected chi connectivity index (χ4v) is 3.00. The SMILES string of the molecule is CCCCCN(C)c1cc2nc(C)sc2cc1N. The molecule has 1 heterocycles. The topological polar surface area (TPSA) is 42.2 Å². The molecule has 0 atom stereocenters. The minimum Gasteiger partial charge on any atom is -0.397 e. The molecule has 18 heavy (non-hydrogen) atoms. The molecule has 1 aromatic carbocycles. The van der Waals surface area contributed by atoms with Crippen molar-refractivity contribution in [2.75, 3.05) is 24.2 Å². The molecule has 1 aromatic heterocycles. The summed E-state index contributed by atoms with van der Waals surface area (Å²) < 4.78 is 1.18. The quantitative estimate of drug-likeness (QED) is 0.659. The number of aromatic nitrogens is 1. The molecule has 0 spiro atoms. The summed E-state index contributed by atoms with van der Waals surface area (Å²) in [4.78, 5) is 6.77. The van der Waals surface area contributed by atoms with Gasteiger partial charge in [-0.05, 0) is 25.5 Å². The van der Waals surface area contributed by atoms with Gasteiger partial charge in [0.1, 0.15) is 0 Å². The summed E-state index contributed by atoms with van der Waals surface area (Å²) >= 11 is 1.70. The van der Waals surface area contributed by atoms with Crippen molar-refractivity contribution in [3.63, 3.8) is 0 Å². The molecule has 0 unspecified atom stereocenters. The van der Waals surface area contributed by atoms with E-state index in [-0.39, 0.29) is 0 Å². The second kappa shape index (κ2) is 5.57. The Morgan fingerprint density at radius 1 is 1.33 bits per heavy atom. The van der Waals surface area contributed by atoms with Crippen molar-refractivity contribution in [2.24, 2.45) is 0 Å². The summed E-state index contributed by atoms with van der Waals surface area (Å²) in [5, 5.41) is 1.09. The second-order valence-corrected chi connectivity index (χ2v) is 5.98. The van der Waals surface area contributed by atoms with Crippen LogP contribution in [0.15, 0.2) is 12.1 Å². The van der Waals surface area contributed by atoms with Gasteiger partial charge in [0, 0.05) is 13.6 Å². The highest BCUT2D eigenvalue weighted by Gasteiger charge is 2.09. The number of rotatable bonds is 5. The first-order valence-corrected chi connectivity index (χ1v) is 7.31. The van der Waals surface area contributed by atoms with Crippen molar-refractivity contribution in [2.45, 2.75) is 33.1 Å². The van der Waals surface area contributed by atoms with Gasteiger partial charge < -0.3 is 10.6 Å². The molecule has 3 nitrogen and oxygen atoms in total. The first-order chi connectivity index (χ1) is 8.61. The van der Waals surface area contributed by atoms with E-state index in [1.54, 1.807) is 11.3 Å². The Balaban J connectivity index is 2.23. The number of thiazole rings is 1. The lowest BCUT2D eigenvalue weighted by Crippen LogP contribution is -2.19. The lowest BCUT2D eigenvalue weighted by Gasteiger charge is -2.21. The molecule has 0 amide bonds. The van der Waals surface area contributed by atoms with Crippen molar-refractivity contribution >= 4 is 32.9 Å². The molecule has 2 N–H and O–H groups in total. The van der Waals surface area contributed by atoms with Crippen molar-refractivity contribution in [1.82, 2.24) is 4.98 Å². The Morgan fingerprint density at radius 2 is 2.11 bits per heavy atom. The number of anilines is 2. The van der Waals surface area contributed by atoms with Gasteiger partial charge >= 0.3 is 0 Å². The lowest BCUT2D eigenvalue weighted by atomic mass is 10.2. The van der Waals surface area contributed by atoms with Crippen LogP contribution in [0.3, 0.4) is 0 Å². The first kappa shape index (κ1) is 13.1. The molecule has 2 aromatic rings. The summed E-state index contributed by atoms with van der Waals surface area (Å²) in [7, 11) is 2.10. The van der Waals surface area contributed by atoms with Gasteiger partial charge in [-0.15, -0.1) is 11.3 Å². The number of aryl methyl sites for hydroxylation is 1. The Labute approximate surface area is 113 Å². The average molecular weight is 263 g/mol. The van der Waals surface area contributed by atoms with Crippen LogP contribution >= 0.6 is 11.3 Å². The monoisotopic (exact) mass is 263 g/mol. The highest BCUT2D eigenvalue weighted by molar-refractivity contribution is 7.18. The van der Waals surface area contributed by atoms with E-state index in [0.717, 1.165) is 28.4 Å². The van der Waals surface area contributed by atoms with E-state index in [2.05, 4.69) is 29.9 Å². The molecular weight excluding hydrogens is 242 g/mol. The van der Waals surface area contributed by atoms with Gasteiger partial charge in [0.05, 0.1) is 26.6 Å². The molecule has 0 aliphatic carbocycles. The van der Waals surface area contributed by atoms with Crippen LogP contribution in [0, 0.1) is 6.92 Å². The summed E-state index contributed by atoms with van der Waals surface area (Å²) in [6.07, 6.45) is 3.72. The minimum absolute atomic E-state index is 0.852. The summed E-state index contributed by atoms with van der Waals surface area (Å²) in [5.41, 5.74) is 9.15. The number of nitrogen functional groups attached to an aromatic ring is 1. The number of nitrogens with zero attached hydrogens (tertiary/aromatic N) is 2. The largest absolute Gasteiger partial charge is 0.397 e. The van der Waals surface area contributed by atoms with E-state index in [1.165, 1.54) is 24.0 Å². The molecule has 2 rings (SSSR count). The van der Waals surface area contributed by atoms with Crippen molar-refractivity contribution < 1.29 is 0 Å². The predicted molar refractivity (Wildman–Crippen MR) is 81.6 cm³/mol. The highest BCUT2D eigenvalue weighted by atomic mass is 32.1. The maximum atomic E-state index is 6.14. The maximum absolute atomic E-state index is 6.14. The van der Waals surface area contributed by atoms with Crippen LogP contribution in [0.25, 0.3) is 10.2 Å². The molecule has 0 saturated carbocycles. The molecule has 0 aliphatic heterocycles. The molecule has 0 fully saturated rings. The Hall–Kier alpha value is -1.29. The lowest BCUT2D eigenvalue weighted by molar-refractivity contribution is 0.705. The third-order valence-electron chi connectivity index (χ3n) is 3.15. The predicted octanol–water partition coefficient (Wildman–Crippen LogP) is 3.81. The minimum atomic E-state index is 0.852. The average Bonchev–Trinajstić information content (AvgIpc) is 2.67. The number of fused-ring (bicyclic) bond motifs is 1. The van der Waals surface area contributed by atoms with Crippen LogP contribution in [0.1, 0.15) is 31.2 Å². The number of nitrogens with two attached hydrogens (primary N) is 1. The Bertz CT molecular complexity index is 533. The number of benzene rings is 1. The number of unbranched alkanes of at least 4 members (excludes halogenated alkanes) is 2. The van der Waals surface area contributed by atoms with Crippen LogP contribution in [0.2, 0.25) is 0 Å². The van der Waals surface area contributed by atoms with Crippen molar-refractivity contribution in [3.8, 4) is 0 Å². The zero-order valence-corrected chi connectivity index (χ0v) is 12.2. The molecule has 4 heteroatoms. The second-order valence-electron chi connectivity index (χ2n) is 4.74. The third-order valence-corrected chi connectivity index (χ3v) is 4.09. The van der Waals surface area contributed by atoms with Gasteiger partial charge in [0.2, 0.25) is 0 Å². The molecule has 0 saturated heterocycles. The standard InChI is InChI=1S/C14H21N3S/c1-4-5-6-7-17(3)13-9-12-14(8-11(13)15)18-10(2)16-12/h8-9H,4-7,15H2,1-3H3. The number of hydrogen-bond donors (Lipinski definition) is 1. The van der Waals surface area contributed by atoms with E-state index in [1.807, 2.05) is 13.0 Å². The molecule has 98 valence electrons. The molecule has 0 aliphatic rings. The molecule has 0 bridgehead atoms. The van der Waals surface area contributed by atoms with E-state index in [9.17, 15) is 0 Å². The Kier molecular flexibility index (Phi) is 4.07. The van der Waals surface area contributed by atoms with Crippen molar-refractivity contribution in [1.29, 1.82) is 0 Å². The zero-order valence-electron chi connectivity index (χ0n) is 11.4. The van der Waals surface area contributed by atoms with E-state index < -0.39 is 0 Å². The Morgan fingerprint density at radius 3 is 2.83 bits per heavy atom. The van der Waals surface area contributed by atoms with Gasteiger partial charge in [-0.25, -0.2) is 4.98 Å². The summed E-state index contributed by atoms with van der Waals surface area (Å²) in [5.74, 6) is 0. The van der Waals surface area contributed by atoms with Gasteiger partial charge in [-0.2, -0.15) is 0 Å². The van der Waals surface area contributed by atoms with E-state index in [4.69, 9.17) is 5.73 Å². The van der Waals surface area contributed by atoms with Gasteiger partial charge in [0.25, 0.3) is 0 Å². The molecule has 0 radical (unpaired) electrons. The van der Waals surface area contributed by atoms with Crippen LogP contribution in [0.5, 0.6) is 0 Å². The number of hydrogen-bond acceptors (Lipinski definition) is 4. The first-order valence-electron chi connectivity index (χ1n) is 6.49. The smallest absolute Gasteiger partial charge is 0.0907 e. The summed E-state index contributed by atoms with van der Waals surface area (Å²) in [6, 6.07) is 4.16. The fourth-order valence-electron chi connectivity index (χ4n) is 2.14. The van der Waals surface area contributed by atoms with Crippen LogP contribution in [0.4, 0.5) is 11.4 Å². The highest BCUT2D eigenvalue weighted by Crippen LogP contribution is 2.31. The van der Waals surface area contributed by atoms with Crippen molar-refractivity contribution in [3.05, 3.63) is 17.1 Å². The summed E-state index contributed by atoms with van der Waals surface area (Å²) in [6.45, 7) is 5.30. The van der Waals surface area contributed by atoms with Gasteiger partial charge in [-0.1, -0.05) is 19.8 Å². The third kappa shape index (κ3) is 2.75.